The van der Waals surface area contributed by atoms with Gasteiger partial charge in [-0.2, -0.15) is 0 Å². The van der Waals surface area contributed by atoms with Gasteiger partial charge in [-0.05, 0) is 164 Å². The molecule has 0 aromatic heterocycles. The largest absolute Gasteiger partial charge is 0.0622 e. The minimum Gasteiger partial charge on any atom is -0.0622 e. The molecule has 16 aromatic rings. The van der Waals surface area contributed by atoms with Crippen LogP contribution in [0.15, 0.2) is 291 Å². The molecule has 0 atom stereocenters. The van der Waals surface area contributed by atoms with E-state index in [-0.39, 0.29) is 0 Å². The lowest BCUT2D eigenvalue weighted by atomic mass is 9.70. The van der Waals surface area contributed by atoms with Gasteiger partial charge < -0.3 is 0 Å². The summed E-state index contributed by atoms with van der Waals surface area (Å²) in [5, 5.41) is 17.6. The first kappa shape index (κ1) is 44.2. The van der Waals surface area contributed by atoms with Crippen LogP contribution in [0.4, 0.5) is 0 Å². The normalized spacial score (nSPS) is 11.8. The summed E-state index contributed by atoms with van der Waals surface area (Å²) in [6.45, 7) is 0. The van der Waals surface area contributed by atoms with Crippen molar-refractivity contribution >= 4 is 75.4 Å². The predicted octanol–water partition coefficient (Wildman–Crippen LogP) is 22.0. The lowest BCUT2D eigenvalue weighted by Crippen LogP contribution is -2.04. The summed E-state index contributed by atoms with van der Waals surface area (Å²) in [5.74, 6) is 0. The van der Waals surface area contributed by atoms with Crippen LogP contribution >= 0.6 is 0 Å². The number of hydrogen-bond donors (Lipinski definition) is 0. The van der Waals surface area contributed by atoms with Crippen molar-refractivity contribution in [2.24, 2.45) is 0 Å². The molecule has 0 spiro atoms. The maximum Gasteiger partial charge on any atom is -0.0000710 e. The van der Waals surface area contributed by atoms with Gasteiger partial charge in [0.2, 0.25) is 0 Å². The molecular weight excluding hydrogens is 937 g/mol. The van der Waals surface area contributed by atoms with E-state index in [9.17, 15) is 0 Å². The van der Waals surface area contributed by atoms with Gasteiger partial charge in [-0.15, -0.1) is 0 Å². The van der Waals surface area contributed by atoms with E-state index in [4.69, 9.17) is 0 Å². The van der Waals surface area contributed by atoms with Gasteiger partial charge in [-0.3, -0.25) is 0 Å². The maximum atomic E-state index is 2.44. The van der Waals surface area contributed by atoms with Crippen LogP contribution < -0.4 is 0 Å². The Hall–Kier alpha value is -10.1. The smallest absolute Gasteiger partial charge is 0.0000710 e. The third kappa shape index (κ3) is 6.67. The Bertz CT molecular complexity index is 4600. The number of benzene rings is 16. The first-order valence-electron chi connectivity index (χ1n) is 27.2. The molecule has 0 saturated carbocycles. The second-order valence-corrected chi connectivity index (χ2v) is 20.9. The van der Waals surface area contributed by atoms with E-state index in [1.807, 2.05) is 0 Å². The zero-order valence-corrected chi connectivity index (χ0v) is 42.7. The van der Waals surface area contributed by atoms with Gasteiger partial charge in [0.15, 0.2) is 0 Å². The molecule has 0 heterocycles. The van der Waals surface area contributed by atoms with Crippen LogP contribution in [0.25, 0.3) is 164 Å². The van der Waals surface area contributed by atoms with E-state index >= 15 is 0 Å². The number of rotatable bonds is 8. The molecule has 0 unspecified atom stereocenters. The molecular formula is C78H48. The summed E-state index contributed by atoms with van der Waals surface area (Å²) < 4.78 is 0. The van der Waals surface area contributed by atoms with Crippen LogP contribution in [-0.2, 0) is 0 Å². The molecule has 16 aromatic carbocycles. The van der Waals surface area contributed by atoms with Crippen molar-refractivity contribution in [1.29, 1.82) is 0 Å². The Morgan fingerprint density at radius 1 is 0.128 bits per heavy atom. The molecule has 0 saturated heterocycles. The molecule has 0 heteroatoms. The molecule has 0 bridgehead atoms. The fourth-order valence-corrected chi connectivity index (χ4v) is 13.6. The number of fused-ring (bicyclic) bond motifs is 1. The minimum absolute atomic E-state index is 1.16. The Morgan fingerprint density at radius 2 is 0.359 bits per heavy atom. The molecule has 78 heavy (non-hydrogen) atoms. The Balaban J connectivity index is 1.28. The SMILES string of the molecule is c1ccc(-c2c(-c3ccccc3)c(-c3ccccc3)c3c(-c4ccc5ccc6cccc7ccc4c5c67)c(-c4ccccc4)c(-c4ccccc4)c(-c4ccc5ccc6cccc7ccc4c5c67)c3c2-c2ccccc2)cc1. The van der Waals surface area contributed by atoms with Gasteiger partial charge in [0.1, 0.15) is 0 Å². The van der Waals surface area contributed by atoms with Crippen LogP contribution in [0.2, 0.25) is 0 Å². The van der Waals surface area contributed by atoms with Gasteiger partial charge >= 0.3 is 0 Å². The Kier molecular flexibility index (Phi) is 10.0. The third-order valence-electron chi connectivity index (χ3n) is 16.7. The van der Waals surface area contributed by atoms with Crippen LogP contribution in [-0.4, -0.2) is 0 Å². The van der Waals surface area contributed by atoms with Crippen molar-refractivity contribution in [2.45, 2.75) is 0 Å². The molecule has 0 radical (unpaired) electrons. The minimum atomic E-state index is 1.16. The predicted molar refractivity (Wildman–Crippen MR) is 335 cm³/mol. The highest BCUT2D eigenvalue weighted by molar-refractivity contribution is 6.35. The van der Waals surface area contributed by atoms with Gasteiger partial charge in [0.25, 0.3) is 0 Å². The second-order valence-electron chi connectivity index (χ2n) is 20.9. The summed E-state index contributed by atoms with van der Waals surface area (Å²) in [4.78, 5) is 0. The topological polar surface area (TPSA) is 0 Å². The average molecular weight is 985 g/mol. The maximum absolute atomic E-state index is 2.44. The van der Waals surface area contributed by atoms with Crippen LogP contribution in [0.5, 0.6) is 0 Å². The van der Waals surface area contributed by atoms with Crippen LogP contribution in [0.1, 0.15) is 0 Å². The van der Waals surface area contributed by atoms with E-state index in [2.05, 4.69) is 291 Å². The van der Waals surface area contributed by atoms with Crippen LogP contribution in [0, 0.1) is 0 Å². The quantitative estimate of drug-likeness (QED) is 0.133. The molecule has 0 nitrogen and oxygen atoms in total. The van der Waals surface area contributed by atoms with E-state index in [1.54, 1.807) is 0 Å². The van der Waals surface area contributed by atoms with Crippen molar-refractivity contribution in [3.05, 3.63) is 291 Å². The fourth-order valence-electron chi connectivity index (χ4n) is 13.6. The van der Waals surface area contributed by atoms with Gasteiger partial charge in [-0.25, -0.2) is 0 Å². The Labute approximate surface area is 453 Å². The summed E-state index contributed by atoms with van der Waals surface area (Å²) in [7, 11) is 0. The van der Waals surface area contributed by atoms with E-state index in [0.717, 1.165) is 33.4 Å². The molecule has 0 N–H and O–H groups in total. The highest BCUT2D eigenvalue weighted by atomic mass is 14.4. The van der Waals surface area contributed by atoms with Crippen LogP contribution in [0.3, 0.4) is 0 Å². The lowest BCUT2D eigenvalue weighted by molar-refractivity contribution is 1.55. The molecule has 0 amide bonds. The summed E-state index contributed by atoms with van der Waals surface area (Å²) in [6, 6.07) is 109. The molecule has 0 aliphatic rings. The highest BCUT2D eigenvalue weighted by Gasteiger charge is 2.34. The standard InChI is InChI=1S/C78H48/c1-7-21-49(22-8-1)69-70(50-23-9-2-10-24-50)74(54-31-17-6-18-32-54)78-76(64-48-44-60-40-38-56-34-20-36-58-42-46-62(64)68(60)66(56)58)72(52-27-13-4-14-28-52)71(51-25-11-3-12-26-51)75(77(78)73(69)53-29-15-5-16-30-53)63-47-43-59-39-37-55-33-19-35-57-41-45-61(63)67(59)65(55)57/h1-48H. The zero-order chi connectivity index (χ0) is 51.3. The van der Waals surface area contributed by atoms with Crippen molar-refractivity contribution in [3.8, 4) is 89.0 Å². The molecule has 360 valence electrons. The van der Waals surface area contributed by atoms with Gasteiger partial charge in [0, 0.05) is 0 Å². The summed E-state index contributed by atoms with van der Waals surface area (Å²) in [5.41, 5.74) is 19.0. The van der Waals surface area contributed by atoms with Gasteiger partial charge in [-0.1, -0.05) is 291 Å². The lowest BCUT2D eigenvalue weighted by Gasteiger charge is -2.32. The highest BCUT2D eigenvalue weighted by Crippen LogP contribution is 2.61. The fraction of sp³-hybridized carbons (Fsp3) is 0. The average Bonchev–Trinajstić information content (AvgIpc) is 2.59. The zero-order valence-electron chi connectivity index (χ0n) is 42.7. The monoisotopic (exact) mass is 984 g/mol. The summed E-state index contributed by atoms with van der Waals surface area (Å²) >= 11 is 0. The summed E-state index contributed by atoms with van der Waals surface area (Å²) in [6.07, 6.45) is 0. The first-order valence-corrected chi connectivity index (χ1v) is 27.2. The molecule has 16 rings (SSSR count). The van der Waals surface area contributed by atoms with E-state index in [0.29, 0.717) is 0 Å². The van der Waals surface area contributed by atoms with E-state index < -0.39 is 0 Å². The first-order chi connectivity index (χ1) is 38.8. The second kappa shape index (κ2) is 17.7. The third-order valence-corrected chi connectivity index (χ3v) is 16.7. The number of hydrogen-bond acceptors (Lipinski definition) is 0. The van der Waals surface area contributed by atoms with Crippen molar-refractivity contribution in [1.82, 2.24) is 0 Å². The van der Waals surface area contributed by atoms with Crippen molar-refractivity contribution in [2.75, 3.05) is 0 Å². The molecule has 0 fully saturated rings. The van der Waals surface area contributed by atoms with E-state index in [1.165, 1.54) is 131 Å². The van der Waals surface area contributed by atoms with Gasteiger partial charge in [0.05, 0.1) is 0 Å². The van der Waals surface area contributed by atoms with Crippen molar-refractivity contribution < 1.29 is 0 Å². The van der Waals surface area contributed by atoms with Crippen molar-refractivity contribution in [3.63, 3.8) is 0 Å². The molecule has 0 aliphatic carbocycles. The molecule has 0 aliphatic heterocycles. The Morgan fingerprint density at radius 3 is 0.654 bits per heavy atom.